The lowest BCUT2D eigenvalue weighted by molar-refractivity contribution is 0.0986. The summed E-state index contributed by atoms with van der Waals surface area (Å²) in [4.78, 5) is 31.0. The molecule has 0 aliphatic rings. The third kappa shape index (κ3) is 7.53. The molecule has 1 aromatic carbocycles. The molecule has 3 aromatic rings. The van der Waals surface area contributed by atoms with E-state index >= 15 is 0 Å². The van der Waals surface area contributed by atoms with Crippen LogP contribution in [0.25, 0.3) is 11.3 Å². The number of rotatable bonds is 11. The lowest BCUT2D eigenvalue weighted by Crippen LogP contribution is -2.09. The van der Waals surface area contributed by atoms with E-state index in [-0.39, 0.29) is 11.2 Å². The van der Waals surface area contributed by atoms with Gasteiger partial charge in [-0.05, 0) is 36.6 Å². The Labute approximate surface area is 216 Å². The molecule has 0 spiro atoms. The first-order chi connectivity index (χ1) is 17.2. The first kappa shape index (κ1) is 27.2. The predicted molar refractivity (Wildman–Crippen MR) is 147 cm³/mol. The molecule has 0 radical (unpaired) electrons. The number of ether oxygens (including phenoxy) is 1. The van der Waals surface area contributed by atoms with Crippen molar-refractivity contribution < 1.29 is 9.53 Å². The standard InChI is InChI=1S/C27H34N6O2S/c1-18-14-20(22-10-11-30-26(33-22)32-21(15-28)16-29-12-13-35-5)7-6-19(18)8-9-23(34)24-17-31-25(36-24)27(2,3)4/h6-7,10-11,14-17H,8-9,12-13,28H2,1-5H3,(H,30,32,33). The Balaban J connectivity index is 1.65. The smallest absolute Gasteiger partial charge is 0.227 e. The van der Waals surface area contributed by atoms with Gasteiger partial charge in [-0.1, -0.05) is 32.9 Å². The number of methoxy groups -OCH3 is 1. The highest BCUT2D eigenvalue weighted by Crippen LogP contribution is 2.28. The number of anilines is 1. The molecule has 9 heteroatoms. The van der Waals surface area contributed by atoms with Crippen LogP contribution >= 0.6 is 11.3 Å². The number of carbonyl (C=O) groups excluding carboxylic acids is 1. The van der Waals surface area contributed by atoms with Crippen molar-refractivity contribution in [1.29, 1.82) is 0 Å². The number of hydrogen-bond acceptors (Lipinski definition) is 9. The van der Waals surface area contributed by atoms with Crippen LogP contribution in [0.5, 0.6) is 0 Å². The van der Waals surface area contributed by atoms with E-state index in [1.165, 1.54) is 17.5 Å². The van der Waals surface area contributed by atoms with Crippen molar-refractivity contribution in [2.45, 2.75) is 46.0 Å². The zero-order valence-corrected chi connectivity index (χ0v) is 22.4. The number of hydrogen-bond donors (Lipinski definition) is 2. The molecular formula is C27H34N6O2S. The fraction of sp³-hybridized carbons (Fsp3) is 0.370. The normalized spacial score (nSPS) is 12.3. The molecule has 3 N–H and O–H groups in total. The number of nitrogens with one attached hydrogen (secondary N) is 1. The molecule has 3 rings (SSSR count). The van der Waals surface area contributed by atoms with E-state index < -0.39 is 0 Å². The number of allylic oxidation sites excluding steroid dienone is 1. The van der Waals surface area contributed by atoms with Crippen LogP contribution in [0, 0.1) is 6.92 Å². The third-order valence-electron chi connectivity index (χ3n) is 5.43. The van der Waals surface area contributed by atoms with Gasteiger partial charge in [0.2, 0.25) is 5.95 Å². The fourth-order valence-corrected chi connectivity index (χ4v) is 4.33. The van der Waals surface area contributed by atoms with Crippen LogP contribution < -0.4 is 11.1 Å². The van der Waals surface area contributed by atoms with Crippen molar-refractivity contribution in [1.82, 2.24) is 15.0 Å². The highest BCUT2D eigenvalue weighted by atomic mass is 32.1. The number of aryl methyl sites for hydroxylation is 2. The van der Waals surface area contributed by atoms with E-state index in [1.807, 2.05) is 12.1 Å². The molecule has 0 aliphatic heterocycles. The minimum Gasteiger partial charge on any atom is -0.403 e. The maximum absolute atomic E-state index is 12.7. The summed E-state index contributed by atoms with van der Waals surface area (Å²) in [5.41, 5.74) is 10.2. The number of carbonyl (C=O) groups is 1. The number of nitrogens with two attached hydrogens (primary N) is 1. The van der Waals surface area contributed by atoms with E-state index in [0.717, 1.165) is 32.3 Å². The first-order valence-corrected chi connectivity index (χ1v) is 12.6. The first-order valence-electron chi connectivity index (χ1n) is 11.8. The highest BCUT2D eigenvalue weighted by Gasteiger charge is 2.20. The van der Waals surface area contributed by atoms with Gasteiger partial charge in [0.05, 0.1) is 34.4 Å². The van der Waals surface area contributed by atoms with E-state index in [1.54, 1.807) is 25.7 Å². The Bertz CT molecular complexity index is 1240. The number of nitrogens with zero attached hydrogens (tertiary/aromatic N) is 4. The van der Waals surface area contributed by atoms with Gasteiger partial charge >= 0.3 is 0 Å². The van der Waals surface area contributed by atoms with Crippen LogP contribution in [0.4, 0.5) is 5.95 Å². The van der Waals surface area contributed by atoms with Crippen molar-refractivity contribution in [2.24, 2.45) is 10.7 Å². The van der Waals surface area contributed by atoms with Crippen LogP contribution in [-0.2, 0) is 16.6 Å². The zero-order chi connectivity index (χ0) is 26.1. The minimum atomic E-state index is -0.0498. The van der Waals surface area contributed by atoms with Crippen LogP contribution in [0.15, 0.2) is 53.5 Å². The summed E-state index contributed by atoms with van der Waals surface area (Å²) in [5.74, 6) is 0.557. The molecule has 0 atom stereocenters. The number of aromatic nitrogens is 3. The van der Waals surface area contributed by atoms with Crippen molar-refractivity contribution in [3.05, 3.63) is 69.6 Å². The quantitative estimate of drug-likeness (QED) is 0.215. The Morgan fingerprint density at radius 3 is 2.72 bits per heavy atom. The number of benzene rings is 1. The molecule has 0 amide bonds. The van der Waals surface area contributed by atoms with Gasteiger partial charge < -0.3 is 15.8 Å². The van der Waals surface area contributed by atoms with E-state index in [9.17, 15) is 4.79 Å². The number of Topliss-reactive ketones (excluding diaryl/α,β-unsaturated/α-hetero) is 1. The maximum atomic E-state index is 12.7. The Kier molecular flexibility index (Phi) is 9.44. The molecule has 0 unspecified atom stereocenters. The summed E-state index contributed by atoms with van der Waals surface area (Å²) < 4.78 is 4.99. The highest BCUT2D eigenvalue weighted by molar-refractivity contribution is 7.13. The molecule has 2 heterocycles. The zero-order valence-electron chi connectivity index (χ0n) is 21.5. The summed E-state index contributed by atoms with van der Waals surface area (Å²) in [6, 6.07) is 8.03. The summed E-state index contributed by atoms with van der Waals surface area (Å²) >= 11 is 1.49. The van der Waals surface area contributed by atoms with E-state index in [4.69, 9.17) is 10.5 Å². The number of thiazole rings is 1. The minimum absolute atomic E-state index is 0.0498. The van der Waals surface area contributed by atoms with Crippen LogP contribution in [-0.4, -0.2) is 47.2 Å². The Hall–Kier alpha value is -3.43. The average molecular weight is 507 g/mol. The predicted octanol–water partition coefficient (Wildman–Crippen LogP) is 4.95. The van der Waals surface area contributed by atoms with Gasteiger partial charge in [-0.15, -0.1) is 11.3 Å². The molecular weight excluding hydrogens is 472 g/mol. The van der Waals surface area contributed by atoms with Crippen LogP contribution in [0.3, 0.4) is 0 Å². The van der Waals surface area contributed by atoms with Crippen molar-refractivity contribution in [3.63, 3.8) is 0 Å². The number of ketones is 1. The molecule has 0 aliphatic carbocycles. The van der Waals surface area contributed by atoms with Gasteiger partial charge in [-0.2, -0.15) is 0 Å². The van der Waals surface area contributed by atoms with Gasteiger partial charge in [0.1, 0.15) is 0 Å². The van der Waals surface area contributed by atoms with Gasteiger partial charge in [-0.3, -0.25) is 9.79 Å². The second kappa shape index (κ2) is 12.5. The summed E-state index contributed by atoms with van der Waals surface area (Å²) in [7, 11) is 1.63. The van der Waals surface area contributed by atoms with Gasteiger partial charge in [0.25, 0.3) is 0 Å². The summed E-state index contributed by atoms with van der Waals surface area (Å²) in [6.45, 7) is 9.44. The lowest BCUT2D eigenvalue weighted by atomic mass is 9.98. The second-order valence-corrected chi connectivity index (χ2v) is 10.4. The largest absolute Gasteiger partial charge is 0.403 e. The van der Waals surface area contributed by atoms with Gasteiger partial charge in [0.15, 0.2) is 5.78 Å². The topological polar surface area (TPSA) is 115 Å². The van der Waals surface area contributed by atoms with Gasteiger partial charge in [0, 0.05) is 49.3 Å². The molecule has 0 saturated heterocycles. The van der Waals surface area contributed by atoms with Crippen molar-refractivity contribution in [3.8, 4) is 11.3 Å². The molecule has 0 bridgehead atoms. The molecule has 190 valence electrons. The van der Waals surface area contributed by atoms with Gasteiger partial charge in [-0.25, -0.2) is 15.0 Å². The SMILES string of the molecule is COCCN=CC(=CN)Nc1nccc(-c2ccc(CCC(=O)c3cnc(C(C)(C)C)s3)c(C)c2)n1. The number of aliphatic imine (C=N–C) groups is 1. The molecule has 8 nitrogen and oxygen atoms in total. The second-order valence-electron chi connectivity index (χ2n) is 9.38. The fourth-order valence-electron chi connectivity index (χ4n) is 3.39. The molecule has 2 aromatic heterocycles. The van der Waals surface area contributed by atoms with Crippen LogP contribution in [0.1, 0.15) is 53.0 Å². The molecule has 36 heavy (non-hydrogen) atoms. The Morgan fingerprint density at radius 1 is 1.25 bits per heavy atom. The maximum Gasteiger partial charge on any atom is 0.227 e. The third-order valence-corrected chi connectivity index (χ3v) is 6.89. The van der Waals surface area contributed by atoms with Crippen LogP contribution in [0.2, 0.25) is 0 Å². The Morgan fingerprint density at radius 2 is 2.06 bits per heavy atom. The van der Waals surface area contributed by atoms with Crippen molar-refractivity contribution >= 4 is 29.3 Å². The van der Waals surface area contributed by atoms with E-state index in [0.29, 0.717) is 37.6 Å². The average Bonchev–Trinajstić information content (AvgIpc) is 3.36. The van der Waals surface area contributed by atoms with Crippen molar-refractivity contribution in [2.75, 3.05) is 25.6 Å². The summed E-state index contributed by atoms with van der Waals surface area (Å²) in [5, 5.41) is 4.07. The molecule has 0 fully saturated rings. The molecule has 0 saturated carbocycles. The lowest BCUT2D eigenvalue weighted by Gasteiger charge is -2.13. The van der Waals surface area contributed by atoms with E-state index in [2.05, 4.69) is 65.1 Å². The monoisotopic (exact) mass is 506 g/mol. The summed E-state index contributed by atoms with van der Waals surface area (Å²) in [6.07, 6.45) is 7.59.